The van der Waals surface area contributed by atoms with Gasteiger partial charge in [-0.15, -0.1) is 0 Å². The highest BCUT2D eigenvalue weighted by atomic mass is 28.3. The second kappa shape index (κ2) is 5.53. The van der Waals surface area contributed by atoms with Gasteiger partial charge in [0, 0.05) is 19.6 Å². The molecule has 1 aliphatic rings. The molecule has 0 saturated carbocycles. The van der Waals surface area contributed by atoms with Gasteiger partial charge in [-0.2, -0.15) is 0 Å². The molecule has 0 aliphatic carbocycles. The van der Waals surface area contributed by atoms with Crippen LogP contribution in [0.5, 0.6) is 0 Å². The van der Waals surface area contributed by atoms with E-state index in [1.165, 1.54) is 10.8 Å². The SMILES string of the molecule is CC1(C)CN(Cc2ccc([Si](C)(C)C)cc2)CC(C)(C)O1. The van der Waals surface area contributed by atoms with Gasteiger partial charge < -0.3 is 4.74 Å². The fraction of sp³-hybridized carbons (Fsp3) is 0.667. The quantitative estimate of drug-likeness (QED) is 0.791. The van der Waals surface area contributed by atoms with Crippen LogP contribution in [0, 0.1) is 0 Å². The predicted molar refractivity (Wildman–Crippen MR) is 93.9 cm³/mol. The largest absolute Gasteiger partial charge is 0.367 e. The van der Waals surface area contributed by atoms with Crippen molar-refractivity contribution in [3.8, 4) is 0 Å². The van der Waals surface area contributed by atoms with E-state index in [0.29, 0.717) is 0 Å². The summed E-state index contributed by atoms with van der Waals surface area (Å²) in [5.74, 6) is 0. The molecule has 1 heterocycles. The van der Waals surface area contributed by atoms with Crippen LogP contribution in [-0.2, 0) is 11.3 Å². The zero-order chi connectivity index (χ0) is 15.9. The van der Waals surface area contributed by atoms with Crippen molar-refractivity contribution in [3.05, 3.63) is 29.8 Å². The summed E-state index contributed by atoms with van der Waals surface area (Å²) >= 11 is 0. The first-order valence-electron chi connectivity index (χ1n) is 7.99. The van der Waals surface area contributed by atoms with Crippen LogP contribution in [0.1, 0.15) is 33.3 Å². The maximum absolute atomic E-state index is 6.16. The van der Waals surface area contributed by atoms with Crippen LogP contribution in [-0.4, -0.2) is 37.3 Å². The molecule has 1 aromatic carbocycles. The number of morpholine rings is 1. The zero-order valence-corrected chi connectivity index (χ0v) is 15.8. The summed E-state index contributed by atoms with van der Waals surface area (Å²) in [6, 6.07) is 9.28. The molecule has 0 spiro atoms. The molecule has 1 saturated heterocycles. The molecular weight excluding hydrogens is 274 g/mol. The van der Waals surface area contributed by atoms with Crippen molar-refractivity contribution in [1.82, 2.24) is 4.90 Å². The van der Waals surface area contributed by atoms with Gasteiger partial charge in [0.25, 0.3) is 0 Å². The number of benzene rings is 1. The molecule has 0 amide bonds. The summed E-state index contributed by atoms with van der Waals surface area (Å²) < 4.78 is 6.16. The molecule has 118 valence electrons. The Morgan fingerprint density at radius 3 is 1.86 bits per heavy atom. The Kier molecular flexibility index (Phi) is 4.40. The summed E-state index contributed by atoms with van der Waals surface area (Å²) in [5, 5.41) is 1.54. The van der Waals surface area contributed by atoms with Crippen molar-refractivity contribution < 1.29 is 4.74 Å². The van der Waals surface area contributed by atoms with Crippen molar-refractivity contribution in [2.45, 2.75) is 65.1 Å². The zero-order valence-electron chi connectivity index (χ0n) is 14.8. The maximum atomic E-state index is 6.16. The van der Waals surface area contributed by atoms with E-state index < -0.39 is 8.07 Å². The molecule has 0 unspecified atom stereocenters. The Balaban J connectivity index is 2.08. The van der Waals surface area contributed by atoms with Crippen LogP contribution < -0.4 is 5.19 Å². The molecule has 1 aliphatic heterocycles. The van der Waals surface area contributed by atoms with Crippen LogP contribution in [0.3, 0.4) is 0 Å². The number of hydrogen-bond donors (Lipinski definition) is 0. The minimum Gasteiger partial charge on any atom is -0.367 e. The lowest BCUT2D eigenvalue weighted by Gasteiger charge is -2.47. The average molecular weight is 306 g/mol. The monoisotopic (exact) mass is 305 g/mol. The van der Waals surface area contributed by atoms with E-state index in [1.54, 1.807) is 0 Å². The van der Waals surface area contributed by atoms with Gasteiger partial charge in [0.1, 0.15) is 0 Å². The van der Waals surface area contributed by atoms with E-state index in [1.807, 2.05) is 0 Å². The summed E-state index contributed by atoms with van der Waals surface area (Å²) in [4.78, 5) is 2.52. The van der Waals surface area contributed by atoms with E-state index in [2.05, 4.69) is 76.5 Å². The van der Waals surface area contributed by atoms with Crippen LogP contribution in [0.15, 0.2) is 24.3 Å². The summed E-state index contributed by atoms with van der Waals surface area (Å²) in [6.45, 7) is 19.0. The standard InChI is InChI=1S/C18H31NOSi/c1-17(2)13-19(14-18(3,4)20-17)12-15-8-10-16(11-9-15)21(5,6)7/h8-11H,12-14H2,1-7H3. The lowest BCUT2D eigenvalue weighted by molar-refractivity contribution is -0.182. The van der Waals surface area contributed by atoms with E-state index in [4.69, 9.17) is 4.74 Å². The van der Waals surface area contributed by atoms with E-state index >= 15 is 0 Å². The molecule has 0 N–H and O–H groups in total. The molecule has 0 bridgehead atoms. The van der Waals surface area contributed by atoms with E-state index in [-0.39, 0.29) is 11.2 Å². The van der Waals surface area contributed by atoms with Gasteiger partial charge in [0.2, 0.25) is 0 Å². The van der Waals surface area contributed by atoms with E-state index in [0.717, 1.165) is 19.6 Å². The fourth-order valence-corrected chi connectivity index (χ4v) is 4.59. The predicted octanol–water partition coefficient (Wildman–Crippen LogP) is 3.62. The number of ether oxygens (including phenoxy) is 1. The third-order valence-corrected chi connectivity index (χ3v) is 6.05. The molecular formula is C18H31NOSi. The highest BCUT2D eigenvalue weighted by Crippen LogP contribution is 2.28. The summed E-state index contributed by atoms with van der Waals surface area (Å²) in [7, 11) is -1.19. The van der Waals surface area contributed by atoms with Crippen molar-refractivity contribution in [2.24, 2.45) is 0 Å². The second-order valence-electron chi connectivity index (χ2n) is 8.71. The van der Waals surface area contributed by atoms with Gasteiger partial charge in [-0.3, -0.25) is 4.90 Å². The second-order valence-corrected chi connectivity index (χ2v) is 13.8. The van der Waals surface area contributed by atoms with E-state index in [9.17, 15) is 0 Å². The molecule has 2 rings (SSSR count). The summed E-state index contributed by atoms with van der Waals surface area (Å²) in [6.07, 6.45) is 0. The first-order chi connectivity index (χ1) is 9.47. The average Bonchev–Trinajstić information content (AvgIpc) is 2.23. The molecule has 1 fully saturated rings. The topological polar surface area (TPSA) is 12.5 Å². The molecule has 21 heavy (non-hydrogen) atoms. The Bertz CT molecular complexity index is 469. The lowest BCUT2D eigenvalue weighted by Crippen LogP contribution is -2.56. The van der Waals surface area contributed by atoms with Crippen LogP contribution in [0.2, 0.25) is 19.6 Å². The van der Waals surface area contributed by atoms with Crippen molar-refractivity contribution in [2.75, 3.05) is 13.1 Å². The molecule has 1 aromatic rings. The number of rotatable bonds is 3. The third-order valence-electron chi connectivity index (χ3n) is 3.99. The van der Waals surface area contributed by atoms with Crippen LogP contribution in [0.25, 0.3) is 0 Å². The fourth-order valence-electron chi connectivity index (χ4n) is 3.43. The first kappa shape index (κ1) is 16.7. The Morgan fingerprint density at radius 1 is 0.952 bits per heavy atom. The molecule has 0 atom stereocenters. The number of hydrogen-bond acceptors (Lipinski definition) is 2. The highest BCUT2D eigenvalue weighted by molar-refractivity contribution is 6.88. The van der Waals surface area contributed by atoms with Gasteiger partial charge in [-0.05, 0) is 33.3 Å². The third kappa shape index (κ3) is 4.66. The van der Waals surface area contributed by atoms with Crippen molar-refractivity contribution in [3.63, 3.8) is 0 Å². The molecule has 3 heteroatoms. The molecule has 0 aromatic heterocycles. The normalized spacial score (nSPS) is 22.2. The Hall–Kier alpha value is -0.643. The lowest BCUT2D eigenvalue weighted by atomic mass is 9.98. The Morgan fingerprint density at radius 2 is 1.43 bits per heavy atom. The van der Waals surface area contributed by atoms with Crippen LogP contribution >= 0.6 is 0 Å². The van der Waals surface area contributed by atoms with Gasteiger partial charge in [0.05, 0.1) is 19.3 Å². The van der Waals surface area contributed by atoms with Crippen molar-refractivity contribution in [1.29, 1.82) is 0 Å². The minimum atomic E-state index is -1.19. The molecule has 0 radical (unpaired) electrons. The molecule has 2 nitrogen and oxygen atoms in total. The highest BCUT2D eigenvalue weighted by Gasteiger charge is 2.37. The smallest absolute Gasteiger partial charge is 0.0775 e. The van der Waals surface area contributed by atoms with Gasteiger partial charge in [-0.25, -0.2) is 0 Å². The first-order valence-corrected chi connectivity index (χ1v) is 11.5. The van der Waals surface area contributed by atoms with Crippen molar-refractivity contribution >= 4 is 13.3 Å². The summed E-state index contributed by atoms with van der Waals surface area (Å²) in [5.41, 5.74) is 1.27. The Labute approximate surface area is 131 Å². The maximum Gasteiger partial charge on any atom is 0.0775 e. The van der Waals surface area contributed by atoms with Crippen LogP contribution in [0.4, 0.5) is 0 Å². The van der Waals surface area contributed by atoms with Gasteiger partial charge >= 0.3 is 0 Å². The van der Waals surface area contributed by atoms with Gasteiger partial charge in [-0.1, -0.05) is 49.1 Å². The number of nitrogens with zero attached hydrogens (tertiary/aromatic N) is 1. The van der Waals surface area contributed by atoms with Gasteiger partial charge in [0.15, 0.2) is 0 Å². The minimum absolute atomic E-state index is 0.0694.